The van der Waals surface area contributed by atoms with Gasteiger partial charge in [0.05, 0.1) is 25.2 Å². The Kier molecular flexibility index (Phi) is 4.41. The van der Waals surface area contributed by atoms with Crippen LogP contribution in [0, 0.1) is 0 Å². The molecule has 1 fully saturated rings. The van der Waals surface area contributed by atoms with Crippen molar-refractivity contribution in [3.05, 3.63) is 36.2 Å². The molecule has 8 nitrogen and oxygen atoms in total. The molecule has 4 rings (SSSR count). The van der Waals surface area contributed by atoms with Crippen LogP contribution in [0.15, 0.2) is 35.5 Å². The third kappa shape index (κ3) is 3.08. The van der Waals surface area contributed by atoms with Gasteiger partial charge in [0.25, 0.3) is 11.8 Å². The maximum Gasteiger partial charge on any atom is 0.278 e. The Labute approximate surface area is 151 Å². The van der Waals surface area contributed by atoms with Crippen LogP contribution in [0.4, 0.5) is 0 Å². The van der Waals surface area contributed by atoms with Crippen molar-refractivity contribution in [2.75, 3.05) is 26.8 Å². The molecule has 2 aliphatic rings. The quantitative estimate of drug-likeness (QED) is 0.775. The van der Waals surface area contributed by atoms with Gasteiger partial charge in [0, 0.05) is 25.4 Å². The van der Waals surface area contributed by atoms with E-state index in [9.17, 15) is 8.42 Å². The molecule has 3 heterocycles. The SMILES string of the molecule is COc1nccnc1O[C@@H]1CCN(S(=O)(=O)c2ccc3c(c2)CCO3)C1. The highest BCUT2D eigenvalue weighted by Crippen LogP contribution is 2.31. The standard InChI is InChI=1S/C17H19N3O5S/c1-23-16-17(19-7-6-18-16)25-13-4-8-20(11-13)26(21,22)14-2-3-15-12(10-14)5-9-24-15/h2-3,6-7,10,13H,4-5,8-9,11H2,1H3/t13-/m1/s1. The van der Waals surface area contributed by atoms with E-state index in [4.69, 9.17) is 14.2 Å². The number of nitrogens with zero attached hydrogens (tertiary/aromatic N) is 3. The Balaban J connectivity index is 1.49. The van der Waals surface area contributed by atoms with Crippen LogP contribution < -0.4 is 14.2 Å². The molecule has 138 valence electrons. The molecule has 0 saturated carbocycles. The molecule has 2 aromatic rings. The maximum absolute atomic E-state index is 12.9. The molecule has 0 bridgehead atoms. The van der Waals surface area contributed by atoms with Gasteiger partial charge in [0.2, 0.25) is 10.0 Å². The summed E-state index contributed by atoms with van der Waals surface area (Å²) in [6, 6.07) is 5.03. The topological polar surface area (TPSA) is 90.9 Å². The second-order valence-corrected chi connectivity index (χ2v) is 8.07. The molecule has 2 aliphatic heterocycles. The number of rotatable bonds is 5. The molecule has 1 aromatic heterocycles. The van der Waals surface area contributed by atoms with Gasteiger partial charge in [0.1, 0.15) is 11.9 Å². The molecule has 0 amide bonds. The lowest BCUT2D eigenvalue weighted by atomic mass is 10.2. The highest BCUT2D eigenvalue weighted by Gasteiger charge is 2.35. The molecular formula is C17H19N3O5S. The van der Waals surface area contributed by atoms with Gasteiger partial charge in [-0.3, -0.25) is 0 Å². The summed E-state index contributed by atoms with van der Waals surface area (Å²) >= 11 is 0. The summed E-state index contributed by atoms with van der Waals surface area (Å²) in [5, 5.41) is 0. The van der Waals surface area contributed by atoms with Crippen molar-refractivity contribution in [2.45, 2.75) is 23.8 Å². The normalized spacial score (nSPS) is 19.8. The van der Waals surface area contributed by atoms with E-state index in [0.717, 1.165) is 17.7 Å². The average molecular weight is 377 g/mol. The summed E-state index contributed by atoms with van der Waals surface area (Å²) in [4.78, 5) is 8.43. The third-order valence-electron chi connectivity index (χ3n) is 4.51. The molecule has 1 atom stereocenters. The molecule has 0 N–H and O–H groups in total. The zero-order valence-electron chi connectivity index (χ0n) is 14.3. The van der Waals surface area contributed by atoms with Crippen molar-refractivity contribution >= 4 is 10.0 Å². The first-order chi connectivity index (χ1) is 12.6. The van der Waals surface area contributed by atoms with E-state index in [2.05, 4.69) is 9.97 Å². The minimum Gasteiger partial charge on any atom is -0.493 e. The first kappa shape index (κ1) is 17.0. The summed E-state index contributed by atoms with van der Waals surface area (Å²) in [7, 11) is -2.08. The number of aromatic nitrogens is 2. The van der Waals surface area contributed by atoms with Gasteiger partial charge in [-0.05, 0) is 30.2 Å². The summed E-state index contributed by atoms with van der Waals surface area (Å²) in [6.45, 7) is 1.25. The molecule has 1 saturated heterocycles. The second-order valence-electron chi connectivity index (χ2n) is 6.13. The molecule has 9 heteroatoms. The molecule has 0 radical (unpaired) electrons. The lowest BCUT2D eigenvalue weighted by molar-refractivity contribution is 0.194. The second kappa shape index (κ2) is 6.73. The fourth-order valence-corrected chi connectivity index (χ4v) is 4.71. The number of benzene rings is 1. The first-order valence-corrected chi connectivity index (χ1v) is 9.79. The van der Waals surface area contributed by atoms with Gasteiger partial charge in [-0.25, -0.2) is 18.4 Å². The Morgan fingerprint density at radius 1 is 1.23 bits per heavy atom. The van der Waals surface area contributed by atoms with Crippen molar-refractivity contribution in [3.63, 3.8) is 0 Å². The van der Waals surface area contributed by atoms with Crippen LogP contribution in [0.25, 0.3) is 0 Å². The zero-order valence-corrected chi connectivity index (χ0v) is 15.1. The van der Waals surface area contributed by atoms with Gasteiger partial charge in [-0.15, -0.1) is 0 Å². The predicted molar refractivity (Wildman–Crippen MR) is 92.0 cm³/mol. The van der Waals surface area contributed by atoms with Crippen LogP contribution >= 0.6 is 0 Å². The van der Waals surface area contributed by atoms with Crippen molar-refractivity contribution in [1.82, 2.24) is 14.3 Å². The highest BCUT2D eigenvalue weighted by atomic mass is 32.2. The fraction of sp³-hybridized carbons (Fsp3) is 0.412. The van der Waals surface area contributed by atoms with Crippen LogP contribution in [0.1, 0.15) is 12.0 Å². The zero-order chi connectivity index (χ0) is 18.1. The number of sulfonamides is 1. The van der Waals surface area contributed by atoms with Crippen molar-refractivity contribution < 1.29 is 22.6 Å². The van der Waals surface area contributed by atoms with E-state index in [-0.39, 0.29) is 24.4 Å². The molecule has 26 heavy (non-hydrogen) atoms. The van der Waals surface area contributed by atoms with Crippen LogP contribution in [0.5, 0.6) is 17.5 Å². The monoisotopic (exact) mass is 377 g/mol. The van der Waals surface area contributed by atoms with Crippen LogP contribution in [0.3, 0.4) is 0 Å². The van der Waals surface area contributed by atoms with Gasteiger partial charge in [0.15, 0.2) is 0 Å². The Bertz CT molecular complexity index is 918. The van der Waals surface area contributed by atoms with Crippen molar-refractivity contribution in [2.24, 2.45) is 0 Å². The lowest BCUT2D eigenvalue weighted by Crippen LogP contribution is -2.31. The van der Waals surface area contributed by atoms with E-state index >= 15 is 0 Å². The van der Waals surface area contributed by atoms with Gasteiger partial charge in [-0.1, -0.05) is 0 Å². The van der Waals surface area contributed by atoms with E-state index in [0.29, 0.717) is 24.5 Å². The first-order valence-electron chi connectivity index (χ1n) is 8.35. The molecule has 0 aliphatic carbocycles. The average Bonchev–Trinajstić information content (AvgIpc) is 3.31. The van der Waals surface area contributed by atoms with E-state index < -0.39 is 10.0 Å². The Morgan fingerprint density at radius 2 is 2.04 bits per heavy atom. The minimum absolute atomic E-state index is 0.260. The summed E-state index contributed by atoms with van der Waals surface area (Å²) in [5.74, 6) is 1.32. The largest absolute Gasteiger partial charge is 0.493 e. The maximum atomic E-state index is 12.9. The predicted octanol–water partition coefficient (Wildman–Crippen LogP) is 1.26. The Morgan fingerprint density at radius 3 is 2.85 bits per heavy atom. The summed E-state index contributed by atoms with van der Waals surface area (Å²) < 4.78 is 43.7. The van der Waals surface area contributed by atoms with Crippen LogP contribution in [-0.2, 0) is 16.4 Å². The van der Waals surface area contributed by atoms with Crippen LogP contribution in [-0.4, -0.2) is 55.6 Å². The number of methoxy groups -OCH3 is 1. The van der Waals surface area contributed by atoms with Crippen molar-refractivity contribution in [3.8, 4) is 17.5 Å². The fourth-order valence-electron chi connectivity index (χ4n) is 3.18. The van der Waals surface area contributed by atoms with Gasteiger partial charge < -0.3 is 14.2 Å². The van der Waals surface area contributed by atoms with Gasteiger partial charge in [-0.2, -0.15) is 4.31 Å². The molecule has 0 unspecified atom stereocenters. The number of fused-ring (bicyclic) bond motifs is 1. The third-order valence-corrected chi connectivity index (χ3v) is 6.37. The summed E-state index contributed by atoms with van der Waals surface area (Å²) in [6.07, 6.45) is 4.03. The van der Waals surface area contributed by atoms with Crippen molar-refractivity contribution in [1.29, 1.82) is 0 Å². The number of hydrogen-bond donors (Lipinski definition) is 0. The number of ether oxygens (including phenoxy) is 3. The van der Waals surface area contributed by atoms with Crippen LogP contribution in [0.2, 0.25) is 0 Å². The molecule has 0 spiro atoms. The summed E-state index contributed by atoms with van der Waals surface area (Å²) in [5.41, 5.74) is 0.933. The lowest BCUT2D eigenvalue weighted by Gasteiger charge is -2.17. The molecular weight excluding hydrogens is 358 g/mol. The van der Waals surface area contributed by atoms with E-state index in [1.807, 2.05) is 0 Å². The van der Waals surface area contributed by atoms with Gasteiger partial charge >= 0.3 is 0 Å². The Hall–Kier alpha value is -2.39. The van der Waals surface area contributed by atoms with E-state index in [1.54, 1.807) is 18.2 Å². The molecule has 1 aromatic carbocycles. The smallest absolute Gasteiger partial charge is 0.278 e. The number of hydrogen-bond acceptors (Lipinski definition) is 7. The minimum atomic E-state index is -3.57. The van der Waals surface area contributed by atoms with E-state index in [1.165, 1.54) is 23.8 Å². The highest BCUT2D eigenvalue weighted by molar-refractivity contribution is 7.89.